The van der Waals surface area contributed by atoms with E-state index in [0.717, 1.165) is 17.7 Å². The molecule has 1 aliphatic heterocycles. The third-order valence-electron chi connectivity index (χ3n) is 2.86. The Hall–Kier alpha value is -2.33. The van der Waals surface area contributed by atoms with E-state index in [-0.39, 0.29) is 12.1 Å². The van der Waals surface area contributed by atoms with Crippen LogP contribution in [0.1, 0.15) is 6.92 Å². The standard InChI is InChI=1S/C12H10O.C5H8O3/c13-12-9-5-4-8-11(12)10-6-2-1-3-7-10;1-4(6)7-2-5-3-8-5/h1-9,13H;5H,2-3H2,1H3. The zero-order valence-electron chi connectivity index (χ0n) is 11.9. The molecule has 0 saturated carbocycles. The van der Waals surface area contributed by atoms with Crippen molar-refractivity contribution in [2.75, 3.05) is 13.2 Å². The summed E-state index contributed by atoms with van der Waals surface area (Å²) in [7, 11) is 0. The average Bonchev–Trinajstić information content (AvgIpc) is 3.31. The van der Waals surface area contributed by atoms with Crippen LogP contribution in [-0.4, -0.2) is 30.4 Å². The molecular weight excluding hydrogens is 268 g/mol. The smallest absolute Gasteiger partial charge is 0.302 e. The lowest BCUT2D eigenvalue weighted by atomic mass is 10.1. The fraction of sp³-hybridized carbons (Fsp3) is 0.235. The van der Waals surface area contributed by atoms with E-state index in [0.29, 0.717) is 12.4 Å². The van der Waals surface area contributed by atoms with E-state index in [1.165, 1.54) is 6.92 Å². The Morgan fingerprint density at radius 1 is 1.19 bits per heavy atom. The third kappa shape index (κ3) is 5.28. The van der Waals surface area contributed by atoms with Gasteiger partial charge in [-0.25, -0.2) is 0 Å². The van der Waals surface area contributed by atoms with Crippen LogP contribution in [0.25, 0.3) is 11.1 Å². The van der Waals surface area contributed by atoms with E-state index in [1.807, 2.05) is 48.5 Å². The van der Waals surface area contributed by atoms with E-state index in [9.17, 15) is 9.90 Å². The molecule has 0 aromatic heterocycles. The Morgan fingerprint density at radius 2 is 1.81 bits per heavy atom. The summed E-state index contributed by atoms with van der Waals surface area (Å²) in [5.74, 6) is 0.0919. The number of carbonyl (C=O) groups is 1. The number of para-hydroxylation sites is 1. The van der Waals surface area contributed by atoms with Crippen LogP contribution in [0.4, 0.5) is 0 Å². The highest BCUT2D eigenvalue weighted by Gasteiger charge is 2.23. The summed E-state index contributed by atoms with van der Waals surface area (Å²) in [5, 5.41) is 9.56. The van der Waals surface area contributed by atoms with Gasteiger partial charge in [-0.1, -0.05) is 48.5 Å². The molecule has 0 radical (unpaired) electrons. The molecule has 1 aliphatic rings. The number of rotatable bonds is 3. The number of ether oxygens (including phenoxy) is 2. The van der Waals surface area contributed by atoms with E-state index >= 15 is 0 Å². The molecule has 1 saturated heterocycles. The molecule has 4 heteroatoms. The summed E-state index contributed by atoms with van der Waals surface area (Å²) in [6.45, 7) is 2.56. The molecule has 2 aromatic carbocycles. The number of benzene rings is 2. The maximum atomic E-state index is 10.1. The number of esters is 1. The van der Waals surface area contributed by atoms with Gasteiger partial charge in [0.25, 0.3) is 0 Å². The van der Waals surface area contributed by atoms with Crippen LogP contribution in [0.3, 0.4) is 0 Å². The Bertz CT molecular complexity index is 576. The van der Waals surface area contributed by atoms with Crippen molar-refractivity contribution in [2.45, 2.75) is 13.0 Å². The van der Waals surface area contributed by atoms with Crippen molar-refractivity contribution in [1.29, 1.82) is 0 Å². The van der Waals surface area contributed by atoms with Crippen LogP contribution in [0.2, 0.25) is 0 Å². The highest BCUT2D eigenvalue weighted by atomic mass is 16.6. The predicted octanol–water partition coefficient (Wildman–Crippen LogP) is 3.01. The number of aromatic hydroxyl groups is 1. The first kappa shape index (κ1) is 15.1. The summed E-state index contributed by atoms with van der Waals surface area (Å²) >= 11 is 0. The minimum absolute atomic E-state index is 0.193. The maximum Gasteiger partial charge on any atom is 0.302 e. The molecule has 0 bridgehead atoms. The van der Waals surface area contributed by atoms with Gasteiger partial charge in [-0.05, 0) is 11.6 Å². The molecule has 3 rings (SSSR count). The first-order valence-electron chi connectivity index (χ1n) is 6.75. The summed E-state index contributed by atoms with van der Waals surface area (Å²) in [4.78, 5) is 10.1. The molecule has 0 amide bonds. The second-order valence-corrected chi connectivity index (χ2v) is 4.64. The quantitative estimate of drug-likeness (QED) is 0.696. The van der Waals surface area contributed by atoms with Gasteiger partial charge in [-0.3, -0.25) is 4.79 Å². The van der Waals surface area contributed by atoms with Crippen LogP contribution in [0.15, 0.2) is 54.6 Å². The first-order chi connectivity index (χ1) is 10.2. The van der Waals surface area contributed by atoms with Gasteiger partial charge in [-0.2, -0.15) is 0 Å². The fourth-order valence-electron chi connectivity index (χ4n) is 1.71. The first-order valence-corrected chi connectivity index (χ1v) is 6.75. The molecule has 4 nitrogen and oxygen atoms in total. The Morgan fingerprint density at radius 3 is 2.38 bits per heavy atom. The molecule has 1 heterocycles. The second-order valence-electron chi connectivity index (χ2n) is 4.64. The number of epoxide rings is 1. The molecule has 1 atom stereocenters. The zero-order valence-corrected chi connectivity index (χ0v) is 11.9. The Labute approximate surface area is 123 Å². The Kier molecular flexibility index (Phi) is 5.35. The van der Waals surface area contributed by atoms with Crippen molar-refractivity contribution < 1.29 is 19.4 Å². The SMILES string of the molecule is CC(=O)OCC1CO1.Oc1ccccc1-c1ccccc1. The predicted molar refractivity (Wildman–Crippen MR) is 79.9 cm³/mol. The molecule has 0 aliphatic carbocycles. The van der Waals surface area contributed by atoms with Gasteiger partial charge in [0.2, 0.25) is 0 Å². The van der Waals surface area contributed by atoms with Gasteiger partial charge in [0.1, 0.15) is 18.5 Å². The highest BCUT2D eigenvalue weighted by Crippen LogP contribution is 2.27. The lowest BCUT2D eigenvalue weighted by Crippen LogP contribution is -2.05. The van der Waals surface area contributed by atoms with E-state index in [1.54, 1.807) is 6.07 Å². The number of carbonyl (C=O) groups excluding carboxylic acids is 1. The fourth-order valence-corrected chi connectivity index (χ4v) is 1.71. The van der Waals surface area contributed by atoms with Crippen LogP contribution in [0.5, 0.6) is 5.75 Å². The van der Waals surface area contributed by atoms with Crippen molar-refractivity contribution >= 4 is 5.97 Å². The van der Waals surface area contributed by atoms with E-state index < -0.39 is 0 Å². The van der Waals surface area contributed by atoms with Crippen molar-refractivity contribution in [3.8, 4) is 16.9 Å². The Balaban J connectivity index is 0.000000173. The normalized spacial score (nSPS) is 15.6. The number of hydrogen-bond acceptors (Lipinski definition) is 4. The minimum Gasteiger partial charge on any atom is -0.507 e. The summed E-state index contributed by atoms with van der Waals surface area (Å²) < 4.78 is 9.38. The van der Waals surface area contributed by atoms with Gasteiger partial charge in [-0.15, -0.1) is 0 Å². The summed E-state index contributed by atoms with van der Waals surface area (Å²) in [6, 6.07) is 17.2. The lowest BCUT2D eigenvalue weighted by molar-refractivity contribution is -0.141. The zero-order chi connectivity index (χ0) is 15.1. The van der Waals surface area contributed by atoms with Gasteiger partial charge in [0.15, 0.2) is 0 Å². The van der Waals surface area contributed by atoms with Crippen molar-refractivity contribution in [2.24, 2.45) is 0 Å². The number of phenolic OH excluding ortho intramolecular Hbond substituents is 1. The second kappa shape index (κ2) is 7.45. The van der Waals surface area contributed by atoms with E-state index in [2.05, 4.69) is 4.74 Å². The van der Waals surface area contributed by atoms with Crippen LogP contribution < -0.4 is 0 Å². The topological polar surface area (TPSA) is 59.1 Å². The highest BCUT2D eigenvalue weighted by molar-refractivity contribution is 5.69. The van der Waals surface area contributed by atoms with Crippen LogP contribution >= 0.6 is 0 Å². The maximum absolute atomic E-state index is 10.1. The molecule has 21 heavy (non-hydrogen) atoms. The third-order valence-corrected chi connectivity index (χ3v) is 2.86. The van der Waals surface area contributed by atoms with Crippen LogP contribution in [0, 0.1) is 0 Å². The molecule has 110 valence electrons. The van der Waals surface area contributed by atoms with E-state index in [4.69, 9.17) is 4.74 Å². The van der Waals surface area contributed by atoms with Gasteiger partial charge >= 0.3 is 5.97 Å². The van der Waals surface area contributed by atoms with Crippen LogP contribution in [-0.2, 0) is 14.3 Å². The molecule has 1 fully saturated rings. The molecule has 1 unspecified atom stereocenters. The molecular formula is C17H18O4. The van der Waals surface area contributed by atoms with Gasteiger partial charge < -0.3 is 14.6 Å². The lowest BCUT2D eigenvalue weighted by Gasteiger charge is -2.02. The monoisotopic (exact) mass is 286 g/mol. The molecule has 1 N–H and O–H groups in total. The van der Waals surface area contributed by atoms with Gasteiger partial charge in [0.05, 0.1) is 6.61 Å². The number of hydrogen-bond donors (Lipinski definition) is 1. The van der Waals surface area contributed by atoms with Crippen molar-refractivity contribution in [1.82, 2.24) is 0 Å². The largest absolute Gasteiger partial charge is 0.507 e. The summed E-state index contributed by atoms with van der Waals surface area (Å²) in [6.07, 6.45) is 0.193. The van der Waals surface area contributed by atoms with Gasteiger partial charge in [0, 0.05) is 12.5 Å². The molecule has 2 aromatic rings. The molecule has 0 spiro atoms. The van der Waals surface area contributed by atoms with Crippen molar-refractivity contribution in [3.05, 3.63) is 54.6 Å². The minimum atomic E-state index is -0.236. The summed E-state index contributed by atoms with van der Waals surface area (Å²) in [5.41, 5.74) is 1.92. The number of phenols is 1. The average molecular weight is 286 g/mol. The van der Waals surface area contributed by atoms with Crippen molar-refractivity contribution in [3.63, 3.8) is 0 Å².